The monoisotopic (exact) mass is 418 g/mol. The molecule has 1 N–H and O–H groups in total. The molecule has 0 saturated heterocycles. The maximum Gasteiger partial charge on any atom is 0.336 e. The maximum absolute atomic E-state index is 13.0. The zero-order valence-corrected chi connectivity index (χ0v) is 18.5. The van der Waals surface area contributed by atoms with Crippen molar-refractivity contribution in [2.45, 2.75) is 39.4 Å². The van der Waals surface area contributed by atoms with E-state index in [-0.39, 0.29) is 22.4 Å². The fourth-order valence-corrected chi connectivity index (χ4v) is 3.78. The zero-order valence-electron chi connectivity index (χ0n) is 17.5. The summed E-state index contributed by atoms with van der Waals surface area (Å²) in [7, 11) is -0.463. The lowest BCUT2D eigenvalue weighted by Gasteiger charge is -2.30. The van der Waals surface area contributed by atoms with Crippen molar-refractivity contribution in [2.75, 3.05) is 13.3 Å². The predicted molar refractivity (Wildman–Crippen MR) is 111 cm³/mol. The van der Waals surface area contributed by atoms with Gasteiger partial charge in [0.25, 0.3) is 5.69 Å². The smallest absolute Gasteiger partial charge is 0.336 e. The molecule has 1 heterocycles. The van der Waals surface area contributed by atoms with E-state index in [0.29, 0.717) is 17.6 Å². The van der Waals surface area contributed by atoms with E-state index < -0.39 is 30.9 Å². The molecule has 1 aromatic carbocycles. The van der Waals surface area contributed by atoms with Gasteiger partial charge in [0.05, 0.1) is 43.4 Å². The van der Waals surface area contributed by atoms with Crippen molar-refractivity contribution >= 4 is 25.7 Å². The second-order valence-corrected chi connectivity index (χ2v) is 13.5. The summed E-state index contributed by atoms with van der Waals surface area (Å²) < 4.78 is 10.5. The summed E-state index contributed by atoms with van der Waals surface area (Å²) in [5.74, 6) is -2.24. The summed E-state index contributed by atoms with van der Waals surface area (Å²) in [5, 5.41) is 14.7. The summed E-state index contributed by atoms with van der Waals surface area (Å²) in [6.45, 7) is 9.53. The van der Waals surface area contributed by atoms with E-state index in [1.165, 1.54) is 19.2 Å². The number of nitro benzene ring substituents is 1. The average Bonchev–Trinajstić information content (AvgIpc) is 2.64. The molecule has 0 aliphatic carbocycles. The van der Waals surface area contributed by atoms with Crippen molar-refractivity contribution in [3.63, 3.8) is 0 Å². The van der Waals surface area contributed by atoms with E-state index in [9.17, 15) is 19.7 Å². The van der Waals surface area contributed by atoms with Crippen LogP contribution in [0.15, 0.2) is 46.8 Å². The number of carbonyl (C=O) groups is 2. The molecule has 0 bridgehead atoms. The molecule has 29 heavy (non-hydrogen) atoms. The molecule has 2 rings (SSSR count). The molecule has 1 aliphatic rings. The van der Waals surface area contributed by atoms with E-state index >= 15 is 0 Å². The molecule has 1 unspecified atom stereocenters. The van der Waals surface area contributed by atoms with Crippen LogP contribution in [0.4, 0.5) is 5.69 Å². The Hall–Kier alpha value is -2.94. The molecule has 0 saturated carbocycles. The highest BCUT2D eigenvalue weighted by Crippen LogP contribution is 2.42. The van der Waals surface area contributed by atoms with Crippen molar-refractivity contribution in [1.82, 2.24) is 5.32 Å². The number of benzene rings is 1. The number of para-hydroxylation sites is 1. The topological polar surface area (TPSA) is 108 Å². The van der Waals surface area contributed by atoms with E-state index in [0.717, 1.165) is 0 Å². The molecular weight excluding hydrogens is 392 g/mol. The number of rotatable bonds is 6. The summed E-state index contributed by atoms with van der Waals surface area (Å²) in [5.41, 5.74) is 1.32. The molecule has 1 atom stereocenters. The van der Waals surface area contributed by atoms with E-state index in [2.05, 4.69) is 25.0 Å². The summed E-state index contributed by atoms with van der Waals surface area (Å²) >= 11 is 0. The number of nitrogens with one attached hydrogen (secondary N) is 1. The van der Waals surface area contributed by atoms with Gasteiger partial charge in [0.2, 0.25) is 0 Å². The number of methoxy groups -OCH3 is 1. The number of nitrogens with zero attached hydrogens (tertiary/aromatic N) is 1. The Morgan fingerprint density at radius 3 is 2.17 bits per heavy atom. The number of hydrogen-bond acceptors (Lipinski definition) is 7. The zero-order chi connectivity index (χ0) is 21.9. The lowest BCUT2D eigenvalue weighted by atomic mass is 9.79. The van der Waals surface area contributed by atoms with E-state index in [1.807, 2.05) is 0 Å². The lowest BCUT2D eigenvalue weighted by molar-refractivity contribution is -0.385. The molecule has 0 aromatic heterocycles. The van der Waals surface area contributed by atoms with Crippen LogP contribution >= 0.6 is 0 Å². The highest BCUT2D eigenvalue weighted by Gasteiger charge is 2.40. The Morgan fingerprint density at radius 1 is 1.10 bits per heavy atom. The Bertz CT molecular complexity index is 914. The third kappa shape index (κ3) is 4.92. The number of hydrogen-bond donors (Lipinski definition) is 1. The SMILES string of the molecule is COC(=O)C1=C(C)NC(C)=C(C(=O)OC[Si](C)(C)C)C1c1ccccc1[N+](=O)[O-]. The minimum Gasteiger partial charge on any atom is -0.466 e. The number of allylic oxidation sites excluding steroid dienone is 2. The third-order valence-electron chi connectivity index (χ3n) is 4.47. The Morgan fingerprint density at radius 2 is 1.66 bits per heavy atom. The van der Waals surface area contributed by atoms with Crippen LogP contribution in [-0.2, 0) is 19.1 Å². The summed E-state index contributed by atoms with van der Waals surface area (Å²) in [6, 6.07) is 6.07. The van der Waals surface area contributed by atoms with Crippen molar-refractivity contribution in [1.29, 1.82) is 0 Å². The van der Waals surface area contributed by atoms with Crippen LogP contribution in [0.3, 0.4) is 0 Å². The number of nitro groups is 1. The summed E-state index contributed by atoms with van der Waals surface area (Å²) in [6.07, 6.45) is 0.294. The second-order valence-electron chi connectivity index (χ2n) is 8.08. The molecular formula is C20H26N2O6Si. The van der Waals surface area contributed by atoms with Gasteiger partial charge in [-0.2, -0.15) is 0 Å². The molecule has 9 heteroatoms. The summed E-state index contributed by atoms with van der Waals surface area (Å²) in [4.78, 5) is 36.7. The molecule has 0 radical (unpaired) electrons. The molecule has 0 fully saturated rings. The van der Waals surface area contributed by atoms with E-state index in [4.69, 9.17) is 9.47 Å². The van der Waals surface area contributed by atoms with Crippen LogP contribution in [0.1, 0.15) is 25.3 Å². The van der Waals surface area contributed by atoms with Gasteiger partial charge in [-0.3, -0.25) is 10.1 Å². The van der Waals surface area contributed by atoms with Crippen molar-refractivity contribution in [3.8, 4) is 0 Å². The quantitative estimate of drug-likeness (QED) is 0.326. The molecule has 0 spiro atoms. The second kappa shape index (κ2) is 8.60. The van der Waals surface area contributed by atoms with Crippen LogP contribution in [0.25, 0.3) is 0 Å². The van der Waals surface area contributed by atoms with Gasteiger partial charge in [0.1, 0.15) is 0 Å². The molecule has 1 aromatic rings. The molecule has 1 aliphatic heterocycles. The first-order valence-electron chi connectivity index (χ1n) is 9.15. The first kappa shape index (κ1) is 22.3. The van der Waals surface area contributed by atoms with Gasteiger partial charge in [0, 0.05) is 23.0 Å². The average molecular weight is 419 g/mol. The number of ether oxygens (including phenoxy) is 2. The third-order valence-corrected chi connectivity index (χ3v) is 5.48. The van der Waals surface area contributed by atoms with Gasteiger partial charge in [0.15, 0.2) is 0 Å². The van der Waals surface area contributed by atoms with Crippen LogP contribution in [0.5, 0.6) is 0 Å². The maximum atomic E-state index is 13.0. The van der Waals surface area contributed by atoms with Gasteiger partial charge in [-0.15, -0.1) is 0 Å². The molecule has 8 nitrogen and oxygen atoms in total. The number of carbonyl (C=O) groups excluding carboxylic acids is 2. The normalized spacial score (nSPS) is 17.0. The van der Waals surface area contributed by atoms with Gasteiger partial charge < -0.3 is 14.8 Å². The van der Waals surface area contributed by atoms with Crippen LogP contribution in [0, 0.1) is 10.1 Å². The number of esters is 2. The van der Waals surface area contributed by atoms with Crippen molar-refractivity contribution in [3.05, 3.63) is 62.5 Å². The standard InChI is InChI=1S/C20H26N2O6Si/c1-12-16(19(23)27-3)18(14-9-7-8-10-15(14)22(25)26)17(13(2)21-12)20(24)28-11-29(4,5)6/h7-10,18,21H,11H2,1-6H3. The Labute approximate surface area is 170 Å². The van der Waals surface area contributed by atoms with Gasteiger partial charge in [-0.1, -0.05) is 37.8 Å². The van der Waals surface area contributed by atoms with Gasteiger partial charge in [-0.25, -0.2) is 9.59 Å². The van der Waals surface area contributed by atoms with Crippen molar-refractivity contribution in [2.24, 2.45) is 0 Å². The predicted octanol–water partition coefficient (Wildman–Crippen LogP) is 3.42. The minimum absolute atomic E-state index is 0.146. The highest BCUT2D eigenvalue weighted by molar-refractivity contribution is 6.76. The van der Waals surface area contributed by atoms with Gasteiger partial charge in [-0.05, 0) is 13.8 Å². The Kier molecular flexibility index (Phi) is 6.63. The fraction of sp³-hybridized carbons (Fsp3) is 0.400. The molecule has 0 amide bonds. The number of dihydropyridines is 1. The van der Waals surface area contributed by atoms with Crippen LogP contribution in [-0.4, -0.2) is 38.3 Å². The van der Waals surface area contributed by atoms with Crippen LogP contribution < -0.4 is 5.32 Å². The minimum atomic E-state index is -1.69. The lowest BCUT2D eigenvalue weighted by Crippen LogP contribution is -2.35. The Balaban J connectivity index is 2.68. The van der Waals surface area contributed by atoms with Crippen LogP contribution in [0.2, 0.25) is 19.6 Å². The largest absolute Gasteiger partial charge is 0.466 e. The highest BCUT2D eigenvalue weighted by atomic mass is 28.3. The van der Waals surface area contributed by atoms with Gasteiger partial charge >= 0.3 is 11.9 Å². The molecule has 156 valence electrons. The van der Waals surface area contributed by atoms with E-state index in [1.54, 1.807) is 26.0 Å². The van der Waals surface area contributed by atoms with Crippen molar-refractivity contribution < 1.29 is 24.0 Å². The first-order chi connectivity index (χ1) is 13.5. The first-order valence-corrected chi connectivity index (χ1v) is 12.9. The fourth-order valence-electron chi connectivity index (χ4n) is 3.21.